The summed E-state index contributed by atoms with van der Waals surface area (Å²) in [5, 5.41) is 3.72. The zero-order valence-electron chi connectivity index (χ0n) is 17.8. The van der Waals surface area contributed by atoms with Crippen molar-refractivity contribution in [3.63, 3.8) is 0 Å². The van der Waals surface area contributed by atoms with Gasteiger partial charge in [0, 0.05) is 36.6 Å². The van der Waals surface area contributed by atoms with Crippen molar-refractivity contribution in [3.8, 4) is 0 Å². The number of rotatable bonds is 4. The van der Waals surface area contributed by atoms with E-state index in [0.29, 0.717) is 58.4 Å². The highest BCUT2D eigenvalue weighted by Crippen LogP contribution is 2.33. The van der Waals surface area contributed by atoms with Gasteiger partial charge in [0.25, 0.3) is 11.5 Å². The number of aliphatic imine (C=N–C) groups is 1. The van der Waals surface area contributed by atoms with Crippen LogP contribution < -0.4 is 10.9 Å². The minimum atomic E-state index is -0.257. The number of carbonyl (C=O) groups excluding carboxylic acids is 1. The van der Waals surface area contributed by atoms with Crippen molar-refractivity contribution >= 4 is 50.6 Å². The topological polar surface area (TPSA) is 122 Å². The molecule has 3 N–H and O–H groups in total. The maximum Gasteiger partial charge on any atom is 0.271 e. The molecule has 0 unspecified atom stereocenters. The van der Waals surface area contributed by atoms with E-state index in [0.717, 1.165) is 24.1 Å². The van der Waals surface area contributed by atoms with Gasteiger partial charge in [0.1, 0.15) is 29.2 Å². The van der Waals surface area contributed by atoms with Gasteiger partial charge in [-0.05, 0) is 48.9 Å². The highest BCUT2D eigenvalue weighted by atomic mass is 79.9. The summed E-state index contributed by atoms with van der Waals surface area (Å²) in [6.45, 7) is 1.88. The molecule has 1 amide bonds. The Kier molecular flexibility index (Phi) is 5.30. The van der Waals surface area contributed by atoms with E-state index in [9.17, 15) is 9.59 Å². The first-order valence-corrected chi connectivity index (χ1v) is 11.2. The van der Waals surface area contributed by atoms with E-state index >= 15 is 0 Å². The molecule has 2 aliphatic heterocycles. The Morgan fingerprint density at radius 2 is 2.03 bits per heavy atom. The third-order valence-corrected chi connectivity index (χ3v) is 6.91. The van der Waals surface area contributed by atoms with Gasteiger partial charge < -0.3 is 25.1 Å². The number of pyridine rings is 1. The van der Waals surface area contributed by atoms with Gasteiger partial charge in [-0.3, -0.25) is 14.6 Å². The summed E-state index contributed by atoms with van der Waals surface area (Å²) in [7, 11) is 4.14. The number of piperidine rings is 1. The fourth-order valence-electron chi connectivity index (χ4n) is 4.26. The van der Waals surface area contributed by atoms with Crippen molar-refractivity contribution < 1.29 is 4.79 Å². The summed E-state index contributed by atoms with van der Waals surface area (Å²) in [4.78, 5) is 48.6. The van der Waals surface area contributed by atoms with E-state index in [1.807, 2.05) is 4.90 Å². The number of amides is 1. The summed E-state index contributed by atoms with van der Waals surface area (Å²) in [6, 6.07) is 2.24. The van der Waals surface area contributed by atoms with Gasteiger partial charge in [-0.15, -0.1) is 0 Å². The molecule has 11 heteroatoms. The number of hydrogen-bond donors (Lipinski definition) is 3. The number of likely N-dealkylation sites (tertiary alicyclic amines) is 1. The van der Waals surface area contributed by atoms with Crippen LogP contribution in [0.1, 0.15) is 34.6 Å². The largest absolute Gasteiger partial charge is 0.337 e. The van der Waals surface area contributed by atoms with Crippen LogP contribution in [0.15, 0.2) is 26.7 Å². The number of nitrogens with zero attached hydrogens (tertiary/aromatic N) is 5. The summed E-state index contributed by atoms with van der Waals surface area (Å²) in [5.74, 6) is 0.355. The van der Waals surface area contributed by atoms with Crippen molar-refractivity contribution in [1.29, 1.82) is 0 Å². The highest BCUT2D eigenvalue weighted by molar-refractivity contribution is 9.10. The first kappa shape index (κ1) is 20.8. The van der Waals surface area contributed by atoms with Gasteiger partial charge in [0.15, 0.2) is 0 Å². The van der Waals surface area contributed by atoms with Crippen molar-refractivity contribution in [3.05, 3.63) is 44.2 Å². The SMILES string of the molecule is CN(C)C1CCN(C(=O)c2[nH]c3ncnc(Nc4cc5c([nH]c4=O)CN=C5)c3c2Br)CC1. The molecule has 32 heavy (non-hydrogen) atoms. The van der Waals surface area contributed by atoms with Crippen molar-refractivity contribution in [2.45, 2.75) is 25.4 Å². The van der Waals surface area contributed by atoms with Gasteiger partial charge in [-0.2, -0.15) is 0 Å². The minimum absolute atomic E-state index is 0.0791. The van der Waals surface area contributed by atoms with E-state index < -0.39 is 0 Å². The van der Waals surface area contributed by atoms with Gasteiger partial charge in [0.2, 0.25) is 0 Å². The van der Waals surface area contributed by atoms with Crippen LogP contribution in [0, 0.1) is 0 Å². The second-order valence-corrected chi connectivity index (χ2v) is 9.08. The van der Waals surface area contributed by atoms with E-state index in [1.165, 1.54) is 6.33 Å². The Balaban J connectivity index is 1.45. The lowest BCUT2D eigenvalue weighted by atomic mass is 10.0. The number of carbonyl (C=O) groups is 1. The second kappa shape index (κ2) is 8.14. The Morgan fingerprint density at radius 3 is 2.78 bits per heavy atom. The lowest BCUT2D eigenvalue weighted by molar-refractivity contribution is 0.0657. The van der Waals surface area contributed by atoms with Crippen LogP contribution in [0.25, 0.3) is 11.0 Å². The molecule has 2 aliphatic rings. The number of H-pyrrole nitrogens is 2. The zero-order valence-corrected chi connectivity index (χ0v) is 19.4. The van der Waals surface area contributed by atoms with Crippen LogP contribution in [-0.4, -0.2) is 75.1 Å². The van der Waals surface area contributed by atoms with E-state index in [1.54, 1.807) is 12.3 Å². The van der Waals surface area contributed by atoms with Gasteiger partial charge in [0.05, 0.1) is 16.4 Å². The zero-order chi connectivity index (χ0) is 22.4. The molecule has 10 nitrogen and oxygen atoms in total. The number of aromatic nitrogens is 4. The second-order valence-electron chi connectivity index (χ2n) is 8.29. The molecule has 5 heterocycles. The van der Waals surface area contributed by atoms with Gasteiger partial charge >= 0.3 is 0 Å². The minimum Gasteiger partial charge on any atom is -0.337 e. The molecule has 3 aromatic rings. The Hall–Kier alpha value is -3.05. The maximum absolute atomic E-state index is 13.2. The molecular formula is C21H23BrN8O2. The number of hydrogen-bond acceptors (Lipinski definition) is 7. The fourth-order valence-corrected chi connectivity index (χ4v) is 4.90. The Bertz CT molecular complexity index is 1290. The molecule has 1 fully saturated rings. The predicted octanol–water partition coefficient (Wildman–Crippen LogP) is 2.25. The lowest BCUT2D eigenvalue weighted by Gasteiger charge is -2.35. The predicted molar refractivity (Wildman–Crippen MR) is 126 cm³/mol. The van der Waals surface area contributed by atoms with Crippen molar-refractivity contribution in [2.75, 3.05) is 32.5 Å². The molecule has 5 rings (SSSR count). The van der Waals surface area contributed by atoms with Crippen LogP contribution in [0.3, 0.4) is 0 Å². The standard InChI is InChI=1S/C21H23BrN8O2/c1-29(2)12-3-5-30(6-4-12)21(32)17-16(22)15-18(24-10-25-19(15)28-17)26-13-7-11-8-23-9-14(11)27-20(13)31/h7-8,10,12H,3-6,9H2,1-2H3,(H,27,31)(H2,24,25,26,28). The Labute approximate surface area is 192 Å². The van der Waals surface area contributed by atoms with Crippen molar-refractivity contribution in [2.24, 2.45) is 4.99 Å². The number of anilines is 2. The molecule has 3 aromatic heterocycles. The quantitative estimate of drug-likeness (QED) is 0.506. The number of nitrogens with one attached hydrogen (secondary N) is 3. The van der Waals surface area contributed by atoms with Gasteiger partial charge in [-0.25, -0.2) is 9.97 Å². The van der Waals surface area contributed by atoms with Crippen LogP contribution >= 0.6 is 15.9 Å². The molecule has 0 bridgehead atoms. The average Bonchev–Trinajstić information content (AvgIpc) is 3.38. The van der Waals surface area contributed by atoms with E-state index in [2.05, 4.69) is 65.2 Å². The highest BCUT2D eigenvalue weighted by Gasteiger charge is 2.28. The van der Waals surface area contributed by atoms with Crippen LogP contribution in [0.2, 0.25) is 0 Å². The average molecular weight is 499 g/mol. The van der Waals surface area contributed by atoms with Crippen molar-refractivity contribution in [1.82, 2.24) is 29.7 Å². The summed E-state index contributed by atoms with van der Waals surface area (Å²) < 4.78 is 0.578. The molecule has 0 saturated carbocycles. The normalized spacial score (nSPS) is 16.2. The third-order valence-electron chi connectivity index (χ3n) is 6.12. The summed E-state index contributed by atoms with van der Waals surface area (Å²) >= 11 is 3.57. The van der Waals surface area contributed by atoms with Crippen LogP contribution in [-0.2, 0) is 6.54 Å². The van der Waals surface area contributed by atoms with E-state index in [-0.39, 0.29) is 11.5 Å². The number of halogens is 1. The fraction of sp³-hybridized carbons (Fsp3) is 0.381. The molecule has 0 spiro atoms. The Morgan fingerprint density at radius 1 is 1.25 bits per heavy atom. The smallest absolute Gasteiger partial charge is 0.271 e. The first-order valence-electron chi connectivity index (χ1n) is 10.4. The van der Waals surface area contributed by atoms with Gasteiger partial charge in [-0.1, -0.05) is 0 Å². The number of aromatic amines is 2. The number of fused-ring (bicyclic) bond motifs is 2. The lowest BCUT2D eigenvalue weighted by Crippen LogP contribution is -2.44. The molecule has 0 atom stereocenters. The maximum atomic E-state index is 13.2. The summed E-state index contributed by atoms with van der Waals surface area (Å²) in [6.07, 6.45) is 5.00. The van der Waals surface area contributed by atoms with E-state index in [4.69, 9.17) is 0 Å². The molecular weight excluding hydrogens is 476 g/mol. The first-order chi connectivity index (χ1) is 15.4. The monoisotopic (exact) mass is 498 g/mol. The molecule has 0 aliphatic carbocycles. The van der Waals surface area contributed by atoms with Crippen LogP contribution in [0.4, 0.5) is 11.5 Å². The molecule has 166 valence electrons. The third kappa shape index (κ3) is 3.61. The van der Waals surface area contributed by atoms with Crippen LogP contribution in [0.5, 0.6) is 0 Å². The molecule has 0 radical (unpaired) electrons. The molecule has 0 aromatic carbocycles. The summed E-state index contributed by atoms with van der Waals surface area (Å²) in [5.41, 5.74) is 2.70. The molecule has 1 saturated heterocycles.